The highest BCUT2D eigenvalue weighted by Crippen LogP contribution is 2.28. The van der Waals surface area contributed by atoms with Gasteiger partial charge in [0.2, 0.25) is 0 Å². The summed E-state index contributed by atoms with van der Waals surface area (Å²) in [6.45, 7) is 2.73. The first-order valence-corrected chi connectivity index (χ1v) is 5.57. The highest BCUT2D eigenvalue weighted by atomic mass is 35.5. The maximum absolute atomic E-state index is 11.0. The second-order valence-corrected chi connectivity index (χ2v) is 3.68. The smallest absolute Gasteiger partial charge is 0.252 e. The molecule has 0 N–H and O–H groups in total. The minimum Gasteiger partial charge on any atom is -0.493 e. The quantitative estimate of drug-likeness (QED) is 0.567. The van der Waals surface area contributed by atoms with E-state index in [2.05, 4.69) is 6.92 Å². The van der Waals surface area contributed by atoms with Crippen LogP contribution < -0.4 is 9.47 Å². The molecule has 16 heavy (non-hydrogen) atoms. The summed E-state index contributed by atoms with van der Waals surface area (Å²) in [7, 11) is 1.53. The molecule has 0 atom stereocenters. The number of rotatable bonds is 6. The van der Waals surface area contributed by atoms with Crippen LogP contribution in [0.2, 0.25) is 0 Å². The first kappa shape index (κ1) is 12.8. The molecule has 0 saturated heterocycles. The van der Waals surface area contributed by atoms with Crippen LogP contribution >= 0.6 is 11.6 Å². The van der Waals surface area contributed by atoms with Crippen LogP contribution in [0.1, 0.15) is 30.1 Å². The molecule has 0 spiro atoms. The third kappa shape index (κ3) is 3.42. The Labute approximate surface area is 100 Å². The molecule has 1 rings (SSSR count). The molecule has 0 aliphatic rings. The lowest BCUT2D eigenvalue weighted by molar-refractivity contribution is 0.108. The molecule has 1 aromatic rings. The minimum atomic E-state index is -0.501. The molecule has 0 heterocycles. The Morgan fingerprint density at radius 2 is 2.12 bits per heavy atom. The molecular weight excluding hydrogens is 228 g/mol. The van der Waals surface area contributed by atoms with Crippen molar-refractivity contribution in [3.8, 4) is 11.5 Å². The lowest BCUT2D eigenvalue weighted by Crippen LogP contribution is -2.00. The second kappa shape index (κ2) is 6.38. The van der Waals surface area contributed by atoms with Crippen molar-refractivity contribution in [2.75, 3.05) is 13.7 Å². The number of halogens is 1. The molecule has 0 aliphatic heterocycles. The van der Waals surface area contributed by atoms with E-state index in [-0.39, 0.29) is 0 Å². The fourth-order valence-electron chi connectivity index (χ4n) is 1.24. The monoisotopic (exact) mass is 242 g/mol. The molecular formula is C12H15ClO3. The Hall–Kier alpha value is -1.22. The van der Waals surface area contributed by atoms with E-state index in [1.165, 1.54) is 7.11 Å². The zero-order valence-electron chi connectivity index (χ0n) is 9.46. The minimum absolute atomic E-state index is 0.404. The summed E-state index contributed by atoms with van der Waals surface area (Å²) in [5.41, 5.74) is 0.404. The Kier molecular flexibility index (Phi) is 5.12. The fraction of sp³-hybridized carbons (Fsp3) is 0.417. The van der Waals surface area contributed by atoms with E-state index in [1.807, 2.05) is 0 Å². The van der Waals surface area contributed by atoms with E-state index >= 15 is 0 Å². The van der Waals surface area contributed by atoms with Gasteiger partial charge in [-0.15, -0.1) is 0 Å². The number of hydrogen-bond donors (Lipinski definition) is 0. The van der Waals surface area contributed by atoms with Gasteiger partial charge in [0.25, 0.3) is 5.24 Å². The maximum atomic E-state index is 11.0. The van der Waals surface area contributed by atoms with Gasteiger partial charge in [-0.2, -0.15) is 0 Å². The normalized spacial score (nSPS) is 9.94. The zero-order chi connectivity index (χ0) is 12.0. The van der Waals surface area contributed by atoms with E-state index < -0.39 is 5.24 Å². The Balaban J connectivity index is 2.80. The third-order valence-corrected chi connectivity index (χ3v) is 2.36. The molecule has 0 saturated carbocycles. The van der Waals surface area contributed by atoms with Crippen molar-refractivity contribution in [3.63, 3.8) is 0 Å². The lowest BCUT2D eigenvalue weighted by Gasteiger charge is -2.10. The number of hydrogen-bond acceptors (Lipinski definition) is 3. The van der Waals surface area contributed by atoms with Gasteiger partial charge in [0.1, 0.15) is 0 Å². The topological polar surface area (TPSA) is 35.5 Å². The molecule has 0 fully saturated rings. The first-order chi connectivity index (χ1) is 7.69. The highest BCUT2D eigenvalue weighted by Gasteiger charge is 2.08. The van der Waals surface area contributed by atoms with Gasteiger partial charge in [-0.05, 0) is 36.2 Å². The molecule has 0 amide bonds. The molecule has 88 valence electrons. The SMILES string of the molecule is CCCCOc1ccc(C(=O)Cl)cc1OC. The predicted molar refractivity (Wildman–Crippen MR) is 63.6 cm³/mol. The van der Waals surface area contributed by atoms with Crippen molar-refractivity contribution in [3.05, 3.63) is 23.8 Å². The molecule has 0 bridgehead atoms. The van der Waals surface area contributed by atoms with Gasteiger partial charge in [-0.3, -0.25) is 4.79 Å². The molecule has 4 heteroatoms. The van der Waals surface area contributed by atoms with Crippen molar-refractivity contribution in [1.82, 2.24) is 0 Å². The number of ether oxygens (including phenoxy) is 2. The fourth-order valence-corrected chi connectivity index (χ4v) is 1.35. The molecule has 3 nitrogen and oxygen atoms in total. The molecule has 0 radical (unpaired) electrons. The number of carbonyl (C=O) groups is 1. The summed E-state index contributed by atoms with van der Waals surface area (Å²) < 4.78 is 10.7. The predicted octanol–water partition coefficient (Wildman–Crippen LogP) is 3.25. The van der Waals surface area contributed by atoms with Gasteiger partial charge in [-0.25, -0.2) is 0 Å². The number of benzene rings is 1. The van der Waals surface area contributed by atoms with Crippen LogP contribution in [0.3, 0.4) is 0 Å². The van der Waals surface area contributed by atoms with Gasteiger partial charge in [-0.1, -0.05) is 13.3 Å². The average molecular weight is 243 g/mol. The standard InChI is InChI=1S/C12H15ClO3/c1-3-4-7-16-10-6-5-9(12(13)14)8-11(10)15-2/h5-6,8H,3-4,7H2,1-2H3. The van der Waals surface area contributed by atoms with Crippen LogP contribution in [0.15, 0.2) is 18.2 Å². The molecule has 0 unspecified atom stereocenters. The van der Waals surface area contributed by atoms with Crippen molar-refractivity contribution in [2.24, 2.45) is 0 Å². The lowest BCUT2D eigenvalue weighted by atomic mass is 10.2. The van der Waals surface area contributed by atoms with E-state index in [0.717, 1.165) is 12.8 Å². The van der Waals surface area contributed by atoms with Gasteiger partial charge in [0, 0.05) is 5.56 Å². The van der Waals surface area contributed by atoms with Crippen molar-refractivity contribution < 1.29 is 14.3 Å². The van der Waals surface area contributed by atoms with E-state index in [9.17, 15) is 4.79 Å². The van der Waals surface area contributed by atoms with Gasteiger partial charge >= 0.3 is 0 Å². The Bertz CT molecular complexity index is 363. The van der Waals surface area contributed by atoms with E-state index in [0.29, 0.717) is 23.7 Å². The van der Waals surface area contributed by atoms with Crippen LogP contribution in [0.4, 0.5) is 0 Å². The van der Waals surface area contributed by atoms with Crippen LogP contribution in [-0.2, 0) is 0 Å². The summed E-state index contributed by atoms with van der Waals surface area (Å²) >= 11 is 5.38. The Morgan fingerprint density at radius 1 is 1.38 bits per heavy atom. The summed E-state index contributed by atoms with van der Waals surface area (Å²) in [5, 5.41) is -0.501. The summed E-state index contributed by atoms with van der Waals surface area (Å²) in [5.74, 6) is 1.17. The first-order valence-electron chi connectivity index (χ1n) is 5.19. The summed E-state index contributed by atoms with van der Waals surface area (Å²) in [4.78, 5) is 11.0. The maximum Gasteiger partial charge on any atom is 0.252 e. The van der Waals surface area contributed by atoms with Crippen LogP contribution in [0, 0.1) is 0 Å². The van der Waals surface area contributed by atoms with E-state index in [4.69, 9.17) is 21.1 Å². The van der Waals surface area contributed by atoms with Crippen LogP contribution in [0.25, 0.3) is 0 Å². The van der Waals surface area contributed by atoms with Gasteiger partial charge in [0.05, 0.1) is 13.7 Å². The molecule has 0 aliphatic carbocycles. The number of carbonyl (C=O) groups excluding carboxylic acids is 1. The highest BCUT2D eigenvalue weighted by molar-refractivity contribution is 6.67. The molecule has 1 aromatic carbocycles. The summed E-state index contributed by atoms with van der Waals surface area (Å²) in [6, 6.07) is 4.90. The zero-order valence-corrected chi connectivity index (χ0v) is 10.2. The van der Waals surface area contributed by atoms with Crippen LogP contribution in [0.5, 0.6) is 11.5 Å². The van der Waals surface area contributed by atoms with Gasteiger partial charge < -0.3 is 9.47 Å². The average Bonchev–Trinajstić information content (AvgIpc) is 2.29. The Morgan fingerprint density at radius 3 is 2.69 bits per heavy atom. The largest absolute Gasteiger partial charge is 0.493 e. The van der Waals surface area contributed by atoms with Crippen molar-refractivity contribution >= 4 is 16.8 Å². The number of unbranched alkanes of at least 4 members (excludes halogenated alkanes) is 1. The molecule has 0 aromatic heterocycles. The summed E-state index contributed by atoms with van der Waals surface area (Å²) in [6.07, 6.45) is 2.06. The van der Waals surface area contributed by atoms with E-state index in [1.54, 1.807) is 18.2 Å². The van der Waals surface area contributed by atoms with Gasteiger partial charge in [0.15, 0.2) is 11.5 Å². The second-order valence-electron chi connectivity index (χ2n) is 3.34. The number of methoxy groups -OCH3 is 1. The van der Waals surface area contributed by atoms with Crippen molar-refractivity contribution in [2.45, 2.75) is 19.8 Å². The van der Waals surface area contributed by atoms with Crippen molar-refractivity contribution in [1.29, 1.82) is 0 Å². The third-order valence-electron chi connectivity index (χ3n) is 2.15. The van der Waals surface area contributed by atoms with Crippen LogP contribution in [-0.4, -0.2) is 19.0 Å².